The van der Waals surface area contributed by atoms with Crippen LogP contribution >= 0.6 is 0 Å². The molecule has 0 unspecified atom stereocenters. The van der Waals surface area contributed by atoms with Gasteiger partial charge in [-0.2, -0.15) is 0 Å². The first-order chi connectivity index (χ1) is 9.70. The number of hydrogen-bond donors (Lipinski definition) is 1. The van der Waals surface area contributed by atoms with Crippen molar-refractivity contribution in [3.05, 3.63) is 23.4 Å². The van der Waals surface area contributed by atoms with E-state index in [-0.39, 0.29) is 11.4 Å². The molecule has 1 heterocycles. The summed E-state index contributed by atoms with van der Waals surface area (Å²) < 4.78 is 5.57. The molecular formula is C16H25NO3. The minimum atomic E-state index is -0.951. The monoisotopic (exact) mass is 279 g/mol. The predicted molar refractivity (Wildman–Crippen MR) is 79.4 cm³/mol. The Morgan fingerprint density at radius 3 is 2.60 bits per heavy atom. The molecule has 0 spiro atoms. The van der Waals surface area contributed by atoms with Gasteiger partial charge in [-0.15, -0.1) is 0 Å². The van der Waals surface area contributed by atoms with Gasteiger partial charge in [0.25, 0.3) is 0 Å². The SMILES string of the molecule is CCCCCCOc1nccc(CCCC)c1C(=O)O. The lowest BCUT2D eigenvalue weighted by Crippen LogP contribution is -2.09. The summed E-state index contributed by atoms with van der Waals surface area (Å²) in [5.41, 5.74) is 1.05. The number of carboxylic acid groups (broad SMARTS) is 1. The molecule has 0 aliphatic carbocycles. The molecule has 1 rings (SSSR count). The molecule has 0 bridgehead atoms. The van der Waals surface area contributed by atoms with E-state index in [1.165, 1.54) is 12.8 Å². The van der Waals surface area contributed by atoms with Gasteiger partial charge in [0.1, 0.15) is 5.56 Å². The first-order valence-electron chi connectivity index (χ1n) is 7.54. The number of aryl methyl sites for hydroxylation is 1. The number of nitrogens with zero attached hydrogens (tertiary/aromatic N) is 1. The number of unbranched alkanes of at least 4 members (excludes halogenated alkanes) is 4. The van der Waals surface area contributed by atoms with Crippen LogP contribution in [-0.2, 0) is 6.42 Å². The summed E-state index contributed by atoms with van der Waals surface area (Å²) in [7, 11) is 0. The molecule has 0 saturated heterocycles. The molecule has 112 valence electrons. The molecule has 1 N–H and O–H groups in total. The van der Waals surface area contributed by atoms with Gasteiger partial charge in [-0.25, -0.2) is 9.78 Å². The molecule has 0 atom stereocenters. The highest BCUT2D eigenvalue weighted by Gasteiger charge is 2.17. The third kappa shape index (κ3) is 5.19. The molecule has 0 radical (unpaired) electrons. The van der Waals surface area contributed by atoms with Gasteiger partial charge in [0, 0.05) is 6.20 Å². The van der Waals surface area contributed by atoms with Crippen molar-refractivity contribution in [1.29, 1.82) is 0 Å². The Balaban J connectivity index is 2.71. The fourth-order valence-electron chi connectivity index (χ4n) is 2.09. The van der Waals surface area contributed by atoms with Crippen LogP contribution in [0, 0.1) is 0 Å². The van der Waals surface area contributed by atoms with Crippen molar-refractivity contribution in [3.8, 4) is 5.88 Å². The Kier molecular flexibility index (Phi) is 7.70. The quantitative estimate of drug-likeness (QED) is 0.655. The molecule has 0 saturated carbocycles. The van der Waals surface area contributed by atoms with Gasteiger partial charge in [-0.1, -0.05) is 39.5 Å². The third-order valence-corrected chi connectivity index (χ3v) is 3.25. The maximum absolute atomic E-state index is 11.4. The highest BCUT2D eigenvalue weighted by molar-refractivity contribution is 5.91. The molecule has 0 aliphatic rings. The molecule has 0 aromatic carbocycles. The van der Waals surface area contributed by atoms with Crippen LogP contribution in [0.2, 0.25) is 0 Å². The number of rotatable bonds is 10. The summed E-state index contributed by atoms with van der Waals surface area (Å²) in [6, 6.07) is 1.78. The van der Waals surface area contributed by atoms with E-state index in [9.17, 15) is 9.90 Å². The van der Waals surface area contributed by atoms with Gasteiger partial charge < -0.3 is 9.84 Å². The van der Waals surface area contributed by atoms with Crippen molar-refractivity contribution in [3.63, 3.8) is 0 Å². The number of pyridine rings is 1. The van der Waals surface area contributed by atoms with Gasteiger partial charge in [-0.3, -0.25) is 0 Å². The molecule has 4 nitrogen and oxygen atoms in total. The normalized spacial score (nSPS) is 10.5. The minimum absolute atomic E-state index is 0.233. The summed E-state index contributed by atoms with van der Waals surface area (Å²) in [5, 5.41) is 9.37. The lowest BCUT2D eigenvalue weighted by atomic mass is 10.0. The highest BCUT2D eigenvalue weighted by atomic mass is 16.5. The van der Waals surface area contributed by atoms with Crippen LogP contribution in [-0.4, -0.2) is 22.7 Å². The van der Waals surface area contributed by atoms with E-state index in [1.54, 1.807) is 12.3 Å². The summed E-state index contributed by atoms with van der Waals surface area (Å²) >= 11 is 0. The van der Waals surface area contributed by atoms with E-state index in [1.807, 2.05) is 0 Å². The Morgan fingerprint density at radius 2 is 1.95 bits per heavy atom. The molecular weight excluding hydrogens is 254 g/mol. The smallest absolute Gasteiger partial charge is 0.341 e. The lowest BCUT2D eigenvalue weighted by Gasteiger charge is -2.11. The second-order valence-electron chi connectivity index (χ2n) is 4.97. The van der Waals surface area contributed by atoms with E-state index in [0.717, 1.165) is 37.7 Å². The summed E-state index contributed by atoms with van der Waals surface area (Å²) in [5.74, 6) is -0.685. The van der Waals surface area contributed by atoms with E-state index >= 15 is 0 Å². The van der Waals surface area contributed by atoms with E-state index < -0.39 is 5.97 Å². The van der Waals surface area contributed by atoms with Crippen LogP contribution in [0.1, 0.15) is 68.3 Å². The number of aromatic carboxylic acids is 1. The summed E-state index contributed by atoms with van der Waals surface area (Å²) in [4.78, 5) is 15.5. The fraction of sp³-hybridized carbons (Fsp3) is 0.625. The van der Waals surface area contributed by atoms with Gasteiger partial charge in [0.05, 0.1) is 6.61 Å². The van der Waals surface area contributed by atoms with Crippen molar-refractivity contribution < 1.29 is 14.6 Å². The maximum Gasteiger partial charge on any atom is 0.341 e. The fourth-order valence-corrected chi connectivity index (χ4v) is 2.09. The first kappa shape index (κ1) is 16.5. The number of aromatic nitrogens is 1. The van der Waals surface area contributed by atoms with Crippen molar-refractivity contribution in [2.45, 2.75) is 58.8 Å². The van der Waals surface area contributed by atoms with Gasteiger partial charge in [0.2, 0.25) is 5.88 Å². The second kappa shape index (κ2) is 9.34. The lowest BCUT2D eigenvalue weighted by molar-refractivity contribution is 0.0689. The highest BCUT2D eigenvalue weighted by Crippen LogP contribution is 2.21. The number of hydrogen-bond acceptors (Lipinski definition) is 3. The largest absolute Gasteiger partial charge is 0.477 e. The number of ether oxygens (including phenoxy) is 1. The molecule has 1 aromatic rings. The third-order valence-electron chi connectivity index (χ3n) is 3.25. The zero-order valence-corrected chi connectivity index (χ0v) is 12.5. The Morgan fingerprint density at radius 1 is 1.20 bits per heavy atom. The van der Waals surface area contributed by atoms with E-state index in [4.69, 9.17) is 4.74 Å². The Bertz CT molecular complexity index is 418. The topological polar surface area (TPSA) is 59.4 Å². The van der Waals surface area contributed by atoms with E-state index in [2.05, 4.69) is 18.8 Å². The zero-order valence-electron chi connectivity index (χ0n) is 12.5. The summed E-state index contributed by atoms with van der Waals surface area (Å²) in [6.07, 6.45) is 8.80. The van der Waals surface area contributed by atoms with Gasteiger partial charge in [0.15, 0.2) is 0 Å². The van der Waals surface area contributed by atoms with Crippen molar-refractivity contribution in [2.24, 2.45) is 0 Å². The van der Waals surface area contributed by atoms with Crippen LogP contribution in [0.25, 0.3) is 0 Å². The molecule has 4 heteroatoms. The average molecular weight is 279 g/mol. The number of carbonyl (C=O) groups is 1. The summed E-state index contributed by atoms with van der Waals surface area (Å²) in [6.45, 7) is 4.78. The van der Waals surface area contributed by atoms with E-state index in [0.29, 0.717) is 6.61 Å². The van der Waals surface area contributed by atoms with Crippen LogP contribution in [0.15, 0.2) is 12.3 Å². The molecule has 1 aromatic heterocycles. The van der Waals surface area contributed by atoms with Gasteiger partial charge in [-0.05, 0) is 30.9 Å². The first-order valence-corrected chi connectivity index (χ1v) is 7.54. The van der Waals surface area contributed by atoms with Crippen molar-refractivity contribution >= 4 is 5.97 Å². The van der Waals surface area contributed by atoms with Crippen molar-refractivity contribution in [2.75, 3.05) is 6.61 Å². The Labute approximate surface area is 121 Å². The molecule has 20 heavy (non-hydrogen) atoms. The zero-order chi connectivity index (χ0) is 14.8. The average Bonchev–Trinajstić information content (AvgIpc) is 2.44. The van der Waals surface area contributed by atoms with Gasteiger partial charge >= 0.3 is 5.97 Å². The van der Waals surface area contributed by atoms with Crippen LogP contribution < -0.4 is 4.74 Å². The van der Waals surface area contributed by atoms with Crippen LogP contribution in [0.4, 0.5) is 0 Å². The van der Waals surface area contributed by atoms with Crippen LogP contribution in [0.3, 0.4) is 0 Å². The van der Waals surface area contributed by atoms with Crippen molar-refractivity contribution in [1.82, 2.24) is 4.98 Å². The van der Waals surface area contributed by atoms with Crippen LogP contribution in [0.5, 0.6) is 5.88 Å². The molecule has 0 amide bonds. The predicted octanol–water partition coefficient (Wildman–Crippen LogP) is 4.08. The minimum Gasteiger partial charge on any atom is -0.477 e. The second-order valence-corrected chi connectivity index (χ2v) is 4.97. The molecule has 0 aliphatic heterocycles. The standard InChI is InChI=1S/C16H25NO3/c1-3-5-7-8-12-20-15-14(16(18)19)13(9-6-4-2)10-11-17-15/h10-11H,3-9,12H2,1-2H3,(H,18,19). The number of carboxylic acids is 1. The molecule has 0 fully saturated rings. The maximum atomic E-state index is 11.4. The Hall–Kier alpha value is -1.58.